The Morgan fingerprint density at radius 2 is 1.84 bits per heavy atom. The molecule has 132 valence electrons. The Balaban J connectivity index is 1.73. The van der Waals surface area contributed by atoms with Gasteiger partial charge in [-0.25, -0.2) is 8.42 Å². The standard InChI is InChI=1S/C19H22N2O3S/c1-13-6-11-17-15(12-13)4-3-5-18(17)20-19(22)14-7-9-16(10-8-14)21-25(2,23)24/h6-12,18,21H,3-5H2,1-2H3,(H,20,22)/t18-/m1/s1. The number of sulfonamides is 1. The van der Waals surface area contributed by atoms with Crippen molar-refractivity contribution >= 4 is 21.6 Å². The summed E-state index contributed by atoms with van der Waals surface area (Å²) in [5.41, 5.74) is 4.69. The van der Waals surface area contributed by atoms with Gasteiger partial charge in [0, 0.05) is 11.3 Å². The number of benzene rings is 2. The van der Waals surface area contributed by atoms with Crippen molar-refractivity contribution in [3.63, 3.8) is 0 Å². The van der Waals surface area contributed by atoms with Crippen molar-refractivity contribution in [3.8, 4) is 0 Å². The van der Waals surface area contributed by atoms with E-state index in [2.05, 4.69) is 35.2 Å². The third kappa shape index (κ3) is 4.39. The van der Waals surface area contributed by atoms with Gasteiger partial charge in [-0.15, -0.1) is 0 Å². The van der Waals surface area contributed by atoms with E-state index in [1.165, 1.54) is 16.7 Å². The van der Waals surface area contributed by atoms with Gasteiger partial charge in [0.25, 0.3) is 5.91 Å². The maximum absolute atomic E-state index is 12.5. The number of aryl methyl sites for hydroxylation is 2. The first-order valence-electron chi connectivity index (χ1n) is 8.30. The molecular weight excluding hydrogens is 336 g/mol. The SMILES string of the molecule is Cc1ccc2c(c1)CCC[C@H]2NC(=O)c1ccc(NS(C)(=O)=O)cc1. The lowest BCUT2D eigenvalue weighted by Crippen LogP contribution is -2.31. The van der Waals surface area contributed by atoms with Crippen LogP contribution in [0.1, 0.15) is 45.9 Å². The molecule has 2 aromatic carbocycles. The fourth-order valence-electron chi connectivity index (χ4n) is 3.24. The third-order valence-corrected chi connectivity index (χ3v) is 4.97. The smallest absolute Gasteiger partial charge is 0.251 e. The number of hydrogen-bond acceptors (Lipinski definition) is 3. The van der Waals surface area contributed by atoms with Gasteiger partial charge in [-0.2, -0.15) is 0 Å². The van der Waals surface area contributed by atoms with E-state index in [1.54, 1.807) is 24.3 Å². The van der Waals surface area contributed by atoms with E-state index < -0.39 is 10.0 Å². The zero-order valence-corrected chi connectivity index (χ0v) is 15.2. The molecule has 6 heteroatoms. The molecule has 2 N–H and O–H groups in total. The second-order valence-electron chi connectivity index (χ2n) is 6.57. The van der Waals surface area contributed by atoms with Gasteiger partial charge < -0.3 is 5.32 Å². The van der Waals surface area contributed by atoms with E-state index in [1.807, 2.05) is 0 Å². The summed E-state index contributed by atoms with van der Waals surface area (Å²) in [6.45, 7) is 2.08. The van der Waals surface area contributed by atoms with Gasteiger partial charge >= 0.3 is 0 Å². The molecular formula is C19H22N2O3S. The molecule has 0 aromatic heterocycles. The van der Waals surface area contributed by atoms with Gasteiger partial charge in [0.15, 0.2) is 0 Å². The van der Waals surface area contributed by atoms with Gasteiger partial charge in [0.2, 0.25) is 10.0 Å². The van der Waals surface area contributed by atoms with Crippen LogP contribution in [-0.2, 0) is 16.4 Å². The van der Waals surface area contributed by atoms with E-state index in [0.29, 0.717) is 11.3 Å². The predicted molar refractivity (Wildman–Crippen MR) is 99.2 cm³/mol. The first kappa shape index (κ1) is 17.5. The van der Waals surface area contributed by atoms with Crippen LogP contribution >= 0.6 is 0 Å². The molecule has 0 saturated carbocycles. The van der Waals surface area contributed by atoms with Crippen LogP contribution < -0.4 is 10.0 Å². The summed E-state index contributed by atoms with van der Waals surface area (Å²) in [6, 6.07) is 12.8. The van der Waals surface area contributed by atoms with Crippen LogP contribution in [0.25, 0.3) is 0 Å². The topological polar surface area (TPSA) is 75.3 Å². The maximum atomic E-state index is 12.5. The van der Waals surface area contributed by atoms with Gasteiger partial charge in [-0.1, -0.05) is 23.8 Å². The van der Waals surface area contributed by atoms with Crippen molar-refractivity contribution in [1.82, 2.24) is 5.32 Å². The lowest BCUT2D eigenvalue weighted by Gasteiger charge is -2.27. The summed E-state index contributed by atoms with van der Waals surface area (Å²) in [4.78, 5) is 12.5. The number of amides is 1. The Bertz CT molecular complexity index is 889. The monoisotopic (exact) mass is 358 g/mol. The summed E-state index contributed by atoms with van der Waals surface area (Å²) in [5.74, 6) is -0.149. The number of carbonyl (C=O) groups excluding carboxylic acids is 1. The van der Waals surface area contributed by atoms with Crippen molar-refractivity contribution in [2.75, 3.05) is 11.0 Å². The first-order chi connectivity index (χ1) is 11.8. The Morgan fingerprint density at radius 1 is 1.12 bits per heavy atom. The van der Waals surface area contributed by atoms with E-state index in [0.717, 1.165) is 25.5 Å². The van der Waals surface area contributed by atoms with Crippen molar-refractivity contribution in [2.45, 2.75) is 32.2 Å². The fourth-order valence-corrected chi connectivity index (χ4v) is 3.80. The Morgan fingerprint density at radius 3 is 2.52 bits per heavy atom. The van der Waals surface area contributed by atoms with Crippen LogP contribution in [0, 0.1) is 6.92 Å². The molecule has 0 saturated heterocycles. The summed E-state index contributed by atoms with van der Waals surface area (Å²) < 4.78 is 24.9. The molecule has 0 fully saturated rings. The molecule has 1 amide bonds. The predicted octanol–water partition coefficient (Wildman–Crippen LogP) is 3.17. The molecule has 0 bridgehead atoms. The molecule has 1 aliphatic carbocycles. The van der Waals surface area contributed by atoms with E-state index in [4.69, 9.17) is 0 Å². The first-order valence-corrected chi connectivity index (χ1v) is 10.2. The van der Waals surface area contributed by atoms with E-state index in [-0.39, 0.29) is 11.9 Å². The van der Waals surface area contributed by atoms with E-state index >= 15 is 0 Å². The van der Waals surface area contributed by atoms with Crippen LogP contribution in [-0.4, -0.2) is 20.6 Å². The van der Waals surface area contributed by atoms with Crippen LogP contribution in [0.4, 0.5) is 5.69 Å². The molecule has 1 aliphatic rings. The van der Waals surface area contributed by atoms with Crippen molar-refractivity contribution in [3.05, 3.63) is 64.7 Å². The molecule has 0 unspecified atom stereocenters. The summed E-state index contributed by atoms with van der Waals surface area (Å²) in [6.07, 6.45) is 4.12. The van der Waals surface area contributed by atoms with Gasteiger partial charge in [-0.05, 0) is 61.6 Å². The lowest BCUT2D eigenvalue weighted by atomic mass is 9.86. The number of carbonyl (C=O) groups is 1. The fraction of sp³-hybridized carbons (Fsp3) is 0.316. The number of rotatable bonds is 4. The molecule has 3 rings (SSSR count). The van der Waals surface area contributed by atoms with Gasteiger partial charge in [0.05, 0.1) is 12.3 Å². The minimum absolute atomic E-state index is 0.0191. The minimum Gasteiger partial charge on any atom is -0.345 e. The average molecular weight is 358 g/mol. The lowest BCUT2D eigenvalue weighted by molar-refractivity contribution is 0.0933. The molecule has 0 radical (unpaired) electrons. The van der Waals surface area contributed by atoms with Crippen molar-refractivity contribution < 1.29 is 13.2 Å². The van der Waals surface area contributed by atoms with Crippen LogP contribution in [0.2, 0.25) is 0 Å². The maximum Gasteiger partial charge on any atom is 0.251 e. The summed E-state index contributed by atoms with van der Waals surface area (Å²) in [5, 5.41) is 3.10. The van der Waals surface area contributed by atoms with Crippen molar-refractivity contribution in [1.29, 1.82) is 0 Å². The average Bonchev–Trinajstić information content (AvgIpc) is 2.54. The second-order valence-corrected chi connectivity index (χ2v) is 8.32. The minimum atomic E-state index is -3.32. The highest BCUT2D eigenvalue weighted by atomic mass is 32.2. The highest BCUT2D eigenvalue weighted by Crippen LogP contribution is 2.30. The number of hydrogen-bond donors (Lipinski definition) is 2. The Labute approximate surface area is 148 Å². The molecule has 5 nitrogen and oxygen atoms in total. The number of nitrogens with one attached hydrogen (secondary N) is 2. The Hall–Kier alpha value is -2.34. The zero-order chi connectivity index (χ0) is 18.0. The molecule has 2 aromatic rings. The molecule has 25 heavy (non-hydrogen) atoms. The largest absolute Gasteiger partial charge is 0.345 e. The van der Waals surface area contributed by atoms with Gasteiger partial charge in [-0.3, -0.25) is 9.52 Å². The quantitative estimate of drug-likeness (QED) is 0.881. The summed E-state index contributed by atoms with van der Waals surface area (Å²) >= 11 is 0. The molecule has 0 heterocycles. The van der Waals surface area contributed by atoms with E-state index in [9.17, 15) is 13.2 Å². The molecule has 0 spiro atoms. The zero-order valence-electron chi connectivity index (χ0n) is 14.4. The highest BCUT2D eigenvalue weighted by molar-refractivity contribution is 7.92. The number of fused-ring (bicyclic) bond motifs is 1. The summed E-state index contributed by atoms with van der Waals surface area (Å²) in [7, 11) is -3.32. The third-order valence-electron chi connectivity index (χ3n) is 4.37. The second kappa shape index (κ2) is 6.88. The van der Waals surface area contributed by atoms with Crippen molar-refractivity contribution in [2.24, 2.45) is 0 Å². The van der Waals surface area contributed by atoms with Gasteiger partial charge in [0.1, 0.15) is 0 Å². The normalized spacial score (nSPS) is 16.8. The van der Waals surface area contributed by atoms with Crippen LogP contribution in [0.3, 0.4) is 0 Å². The highest BCUT2D eigenvalue weighted by Gasteiger charge is 2.22. The Kier molecular flexibility index (Phi) is 4.81. The number of anilines is 1. The molecule has 0 aliphatic heterocycles. The van der Waals surface area contributed by atoms with Crippen LogP contribution in [0.5, 0.6) is 0 Å². The molecule has 1 atom stereocenters. The van der Waals surface area contributed by atoms with Crippen LogP contribution in [0.15, 0.2) is 42.5 Å².